The van der Waals surface area contributed by atoms with Gasteiger partial charge in [0, 0.05) is 19.2 Å². The minimum Gasteiger partial charge on any atom is -0.481 e. The number of urea groups is 1. The third kappa shape index (κ3) is 3.39. The van der Waals surface area contributed by atoms with Crippen LogP contribution in [0.3, 0.4) is 0 Å². The predicted octanol–water partition coefficient (Wildman–Crippen LogP) is 2.13. The third-order valence-corrected chi connectivity index (χ3v) is 3.75. The van der Waals surface area contributed by atoms with E-state index in [4.69, 9.17) is 4.74 Å². The summed E-state index contributed by atoms with van der Waals surface area (Å²) in [4.78, 5) is 11.9. The number of ether oxygens (including phenoxy) is 1. The van der Waals surface area contributed by atoms with E-state index in [1.54, 1.807) is 24.9 Å². The molecule has 2 rings (SSSR count). The zero-order valence-electron chi connectivity index (χ0n) is 11.8. The lowest BCUT2D eigenvalue weighted by molar-refractivity contribution is 0.244. The molecule has 1 atom stereocenters. The SMILES string of the molecule is COc1cc(NC(=O)N[C@H](C)C2CCCC2)nn1C. The Labute approximate surface area is 113 Å². The minimum atomic E-state index is -0.208. The van der Waals surface area contributed by atoms with Crippen molar-refractivity contribution < 1.29 is 9.53 Å². The van der Waals surface area contributed by atoms with Gasteiger partial charge in [-0.3, -0.25) is 5.32 Å². The van der Waals surface area contributed by atoms with E-state index in [-0.39, 0.29) is 12.1 Å². The van der Waals surface area contributed by atoms with Gasteiger partial charge in [-0.25, -0.2) is 9.48 Å². The van der Waals surface area contributed by atoms with E-state index >= 15 is 0 Å². The highest BCUT2D eigenvalue weighted by molar-refractivity contribution is 5.88. The highest BCUT2D eigenvalue weighted by Gasteiger charge is 2.22. The molecular weight excluding hydrogens is 244 g/mol. The molecule has 0 aromatic carbocycles. The van der Waals surface area contributed by atoms with Crippen molar-refractivity contribution >= 4 is 11.8 Å². The van der Waals surface area contributed by atoms with Gasteiger partial charge < -0.3 is 10.1 Å². The van der Waals surface area contributed by atoms with Gasteiger partial charge in [-0.1, -0.05) is 12.8 Å². The maximum Gasteiger partial charge on any atom is 0.320 e. The van der Waals surface area contributed by atoms with Crippen LogP contribution in [0, 0.1) is 5.92 Å². The van der Waals surface area contributed by atoms with E-state index in [1.807, 2.05) is 0 Å². The molecule has 1 heterocycles. The molecule has 2 N–H and O–H groups in total. The molecule has 2 amide bonds. The Kier molecular flexibility index (Phi) is 4.29. The molecule has 1 aliphatic rings. The Morgan fingerprint density at radius 1 is 1.53 bits per heavy atom. The first-order valence-corrected chi connectivity index (χ1v) is 6.75. The average molecular weight is 266 g/mol. The topological polar surface area (TPSA) is 68.2 Å². The van der Waals surface area contributed by atoms with Gasteiger partial charge >= 0.3 is 6.03 Å². The maximum atomic E-state index is 11.9. The van der Waals surface area contributed by atoms with Crippen molar-refractivity contribution in [2.24, 2.45) is 13.0 Å². The summed E-state index contributed by atoms with van der Waals surface area (Å²) < 4.78 is 6.68. The lowest BCUT2D eigenvalue weighted by atomic mass is 10.0. The molecule has 1 aromatic rings. The molecule has 106 valence electrons. The van der Waals surface area contributed by atoms with Crippen molar-refractivity contribution in [2.75, 3.05) is 12.4 Å². The number of carbonyl (C=O) groups excluding carboxylic acids is 1. The Morgan fingerprint density at radius 2 is 2.21 bits per heavy atom. The van der Waals surface area contributed by atoms with Crippen molar-refractivity contribution in [1.82, 2.24) is 15.1 Å². The normalized spacial score (nSPS) is 17.2. The summed E-state index contributed by atoms with van der Waals surface area (Å²) in [7, 11) is 3.34. The standard InChI is InChI=1S/C13H22N4O2/c1-9(10-6-4-5-7-10)14-13(18)15-11-8-12(19-3)17(2)16-11/h8-10H,4-7H2,1-3H3,(H2,14,15,16,18)/t9-/m1/s1. The molecule has 0 radical (unpaired) electrons. The summed E-state index contributed by atoms with van der Waals surface area (Å²) in [5, 5.41) is 9.85. The van der Waals surface area contributed by atoms with E-state index in [9.17, 15) is 4.79 Å². The largest absolute Gasteiger partial charge is 0.481 e. The van der Waals surface area contributed by atoms with Gasteiger partial charge in [-0.05, 0) is 25.7 Å². The molecule has 1 fully saturated rings. The van der Waals surface area contributed by atoms with E-state index < -0.39 is 0 Å². The van der Waals surface area contributed by atoms with Crippen molar-refractivity contribution in [3.05, 3.63) is 6.07 Å². The minimum absolute atomic E-state index is 0.202. The summed E-state index contributed by atoms with van der Waals surface area (Å²) in [6.45, 7) is 2.06. The van der Waals surface area contributed by atoms with Gasteiger partial charge in [-0.2, -0.15) is 5.10 Å². The Bertz CT molecular complexity index is 438. The van der Waals surface area contributed by atoms with Crippen molar-refractivity contribution in [2.45, 2.75) is 38.6 Å². The van der Waals surface area contributed by atoms with Crippen molar-refractivity contribution in [3.63, 3.8) is 0 Å². The number of methoxy groups -OCH3 is 1. The van der Waals surface area contributed by atoms with E-state index in [0.717, 1.165) is 0 Å². The maximum absolute atomic E-state index is 11.9. The number of hydrogen-bond acceptors (Lipinski definition) is 3. The fourth-order valence-electron chi connectivity index (χ4n) is 2.64. The fourth-order valence-corrected chi connectivity index (χ4v) is 2.64. The number of nitrogens with zero attached hydrogens (tertiary/aromatic N) is 2. The number of aryl methyl sites for hydroxylation is 1. The van der Waals surface area contributed by atoms with Crippen LogP contribution in [0.1, 0.15) is 32.6 Å². The number of hydrogen-bond donors (Lipinski definition) is 2. The molecule has 6 heteroatoms. The molecule has 1 saturated carbocycles. The second-order valence-corrected chi connectivity index (χ2v) is 5.13. The highest BCUT2D eigenvalue weighted by Crippen LogP contribution is 2.27. The van der Waals surface area contributed by atoms with Crippen LogP contribution in [0.15, 0.2) is 6.07 Å². The quantitative estimate of drug-likeness (QED) is 0.877. The van der Waals surface area contributed by atoms with Gasteiger partial charge in [-0.15, -0.1) is 0 Å². The summed E-state index contributed by atoms with van der Waals surface area (Å²) in [6, 6.07) is 1.69. The van der Waals surface area contributed by atoms with Crippen LogP contribution >= 0.6 is 0 Å². The summed E-state index contributed by atoms with van der Waals surface area (Å²) in [5.74, 6) is 1.71. The van der Waals surface area contributed by atoms with Crippen LogP contribution in [0.5, 0.6) is 5.88 Å². The lowest BCUT2D eigenvalue weighted by Gasteiger charge is -2.20. The molecule has 0 bridgehead atoms. The van der Waals surface area contributed by atoms with Crippen LogP contribution < -0.4 is 15.4 Å². The van der Waals surface area contributed by atoms with Gasteiger partial charge in [0.15, 0.2) is 5.82 Å². The number of anilines is 1. The first-order chi connectivity index (χ1) is 9.10. The lowest BCUT2D eigenvalue weighted by Crippen LogP contribution is -2.40. The monoisotopic (exact) mass is 266 g/mol. The molecule has 0 aliphatic heterocycles. The first-order valence-electron chi connectivity index (χ1n) is 6.75. The second-order valence-electron chi connectivity index (χ2n) is 5.13. The average Bonchev–Trinajstić information content (AvgIpc) is 2.98. The zero-order valence-corrected chi connectivity index (χ0v) is 11.8. The molecule has 6 nitrogen and oxygen atoms in total. The smallest absolute Gasteiger partial charge is 0.320 e. The molecule has 0 unspecified atom stereocenters. The van der Waals surface area contributed by atoms with Crippen molar-refractivity contribution in [1.29, 1.82) is 0 Å². The number of carbonyl (C=O) groups is 1. The summed E-state index contributed by atoms with van der Waals surface area (Å²) in [5.41, 5.74) is 0. The fraction of sp³-hybridized carbons (Fsp3) is 0.692. The van der Waals surface area contributed by atoms with Crippen LogP contribution in [0.4, 0.5) is 10.6 Å². The molecule has 1 aliphatic carbocycles. The van der Waals surface area contributed by atoms with Crippen molar-refractivity contribution in [3.8, 4) is 5.88 Å². The zero-order chi connectivity index (χ0) is 13.8. The van der Waals surface area contributed by atoms with Crippen LogP contribution in [-0.4, -0.2) is 29.0 Å². The van der Waals surface area contributed by atoms with E-state index in [1.165, 1.54) is 25.7 Å². The third-order valence-electron chi connectivity index (χ3n) is 3.75. The van der Waals surface area contributed by atoms with Gasteiger partial charge in [0.1, 0.15) is 0 Å². The summed E-state index contributed by atoms with van der Waals surface area (Å²) >= 11 is 0. The number of amides is 2. The second kappa shape index (κ2) is 5.95. The van der Waals surface area contributed by atoms with E-state index in [2.05, 4.69) is 22.7 Å². The van der Waals surface area contributed by atoms with Gasteiger partial charge in [0.05, 0.1) is 7.11 Å². The first kappa shape index (κ1) is 13.7. The number of nitrogens with one attached hydrogen (secondary N) is 2. The van der Waals surface area contributed by atoms with Crippen LogP contribution in [0.25, 0.3) is 0 Å². The highest BCUT2D eigenvalue weighted by atomic mass is 16.5. The van der Waals surface area contributed by atoms with E-state index in [0.29, 0.717) is 17.6 Å². The number of rotatable bonds is 4. The molecule has 19 heavy (non-hydrogen) atoms. The number of aromatic nitrogens is 2. The molecule has 0 saturated heterocycles. The van der Waals surface area contributed by atoms with Gasteiger partial charge in [0.2, 0.25) is 5.88 Å². The van der Waals surface area contributed by atoms with Gasteiger partial charge in [0.25, 0.3) is 0 Å². The summed E-state index contributed by atoms with van der Waals surface area (Å²) in [6.07, 6.45) is 4.96. The molecule has 1 aromatic heterocycles. The predicted molar refractivity (Wildman–Crippen MR) is 73.3 cm³/mol. The van der Waals surface area contributed by atoms with Crippen LogP contribution in [-0.2, 0) is 7.05 Å². The Hall–Kier alpha value is -1.72. The Morgan fingerprint density at radius 3 is 2.79 bits per heavy atom. The molecule has 0 spiro atoms. The van der Waals surface area contributed by atoms with Crippen LogP contribution in [0.2, 0.25) is 0 Å². The Balaban J connectivity index is 1.86. The molecular formula is C13H22N4O2.